The van der Waals surface area contributed by atoms with E-state index in [4.69, 9.17) is 4.74 Å². The van der Waals surface area contributed by atoms with E-state index in [1.165, 1.54) is 12.3 Å². The van der Waals surface area contributed by atoms with Gasteiger partial charge in [0.1, 0.15) is 0 Å². The Morgan fingerprint density at radius 2 is 2.33 bits per heavy atom. The fourth-order valence-electron chi connectivity index (χ4n) is 1.95. The van der Waals surface area contributed by atoms with Crippen LogP contribution in [0, 0.1) is 11.9 Å². The van der Waals surface area contributed by atoms with Gasteiger partial charge in [-0.05, 0) is 6.07 Å². The van der Waals surface area contributed by atoms with Gasteiger partial charge in [-0.25, -0.2) is 4.98 Å². The lowest BCUT2D eigenvalue weighted by Gasteiger charge is -2.28. The van der Waals surface area contributed by atoms with Crippen molar-refractivity contribution in [1.82, 2.24) is 4.98 Å². The molecule has 0 aliphatic carbocycles. The number of ether oxygens (including phenoxy) is 1. The molecule has 1 aliphatic heterocycles. The minimum atomic E-state index is -0.439. The summed E-state index contributed by atoms with van der Waals surface area (Å²) in [5.74, 6) is 0.0390. The predicted octanol–water partition coefficient (Wildman–Crippen LogP) is 1.69. The molecule has 1 aliphatic rings. The Bertz CT molecular complexity index is 345. The number of likely N-dealkylation sites (N-methyl/N-ethyl adjacent to an activating group) is 1. The molecule has 1 aromatic heterocycles. The Morgan fingerprint density at radius 1 is 1.53 bits per heavy atom. The van der Waals surface area contributed by atoms with Crippen LogP contribution in [0.5, 0.6) is 0 Å². The van der Waals surface area contributed by atoms with Crippen LogP contribution in [0.1, 0.15) is 6.92 Å². The monoisotopic (exact) mass is 210 g/mol. The average molecular weight is 210 g/mol. The lowest BCUT2D eigenvalue weighted by atomic mass is 10.0. The van der Waals surface area contributed by atoms with E-state index in [1.807, 2.05) is 13.1 Å². The normalized spacial score (nSPS) is 25.5. The maximum absolute atomic E-state index is 12.9. The van der Waals surface area contributed by atoms with Gasteiger partial charge in [-0.3, -0.25) is 0 Å². The maximum Gasteiger partial charge on any atom is 0.214 e. The standard InChI is InChI=1S/C11H15FN2O/c1-8-6-15-7-10(8)14(2)9-3-4-13-11(12)5-9/h3-5,8,10H,6-7H2,1-2H3. The molecular formula is C11H15FN2O. The van der Waals surface area contributed by atoms with Gasteiger partial charge in [0.2, 0.25) is 5.95 Å². The summed E-state index contributed by atoms with van der Waals surface area (Å²) in [6.07, 6.45) is 1.49. The van der Waals surface area contributed by atoms with Crippen LogP contribution in [-0.2, 0) is 4.74 Å². The summed E-state index contributed by atoms with van der Waals surface area (Å²) >= 11 is 0. The second kappa shape index (κ2) is 4.14. The van der Waals surface area contributed by atoms with Crippen molar-refractivity contribution in [2.24, 2.45) is 5.92 Å². The van der Waals surface area contributed by atoms with Crippen molar-refractivity contribution in [2.75, 3.05) is 25.2 Å². The van der Waals surface area contributed by atoms with Gasteiger partial charge >= 0.3 is 0 Å². The minimum absolute atomic E-state index is 0.326. The summed E-state index contributed by atoms with van der Waals surface area (Å²) in [6.45, 7) is 3.63. The van der Waals surface area contributed by atoms with E-state index in [-0.39, 0.29) is 0 Å². The molecule has 1 saturated heterocycles. The summed E-state index contributed by atoms with van der Waals surface area (Å²) in [7, 11) is 1.96. The topological polar surface area (TPSA) is 25.4 Å². The SMILES string of the molecule is CC1COCC1N(C)c1ccnc(F)c1. The maximum atomic E-state index is 12.9. The number of nitrogens with zero attached hydrogens (tertiary/aromatic N) is 2. The van der Waals surface area contributed by atoms with Gasteiger partial charge in [-0.15, -0.1) is 0 Å². The smallest absolute Gasteiger partial charge is 0.214 e. The number of aromatic nitrogens is 1. The quantitative estimate of drug-likeness (QED) is 0.695. The van der Waals surface area contributed by atoms with E-state index in [0.29, 0.717) is 18.6 Å². The van der Waals surface area contributed by atoms with Crippen LogP contribution in [0.4, 0.5) is 10.1 Å². The number of hydrogen-bond donors (Lipinski definition) is 0. The van der Waals surface area contributed by atoms with Crippen LogP contribution < -0.4 is 4.90 Å². The molecule has 0 radical (unpaired) electrons. The predicted molar refractivity (Wildman–Crippen MR) is 56.4 cm³/mol. The Kier molecular flexibility index (Phi) is 2.86. The Balaban J connectivity index is 2.16. The second-order valence-corrected chi connectivity index (χ2v) is 4.03. The Labute approximate surface area is 88.9 Å². The molecule has 0 N–H and O–H groups in total. The molecule has 15 heavy (non-hydrogen) atoms. The molecule has 3 nitrogen and oxygen atoms in total. The highest BCUT2D eigenvalue weighted by Gasteiger charge is 2.28. The van der Waals surface area contributed by atoms with Crippen molar-refractivity contribution in [3.63, 3.8) is 0 Å². The first-order valence-electron chi connectivity index (χ1n) is 5.10. The summed E-state index contributed by atoms with van der Waals surface area (Å²) in [5.41, 5.74) is 0.852. The van der Waals surface area contributed by atoms with Crippen molar-refractivity contribution >= 4 is 5.69 Å². The van der Waals surface area contributed by atoms with Gasteiger partial charge in [-0.1, -0.05) is 6.92 Å². The third-order valence-electron chi connectivity index (χ3n) is 2.94. The largest absolute Gasteiger partial charge is 0.379 e. The van der Waals surface area contributed by atoms with Crippen LogP contribution in [0.2, 0.25) is 0 Å². The molecule has 0 amide bonds. The molecule has 82 valence electrons. The highest BCUT2D eigenvalue weighted by molar-refractivity contribution is 5.45. The molecule has 0 spiro atoms. The minimum Gasteiger partial charge on any atom is -0.379 e. The van der Waals surface area contributed by atoms with E-state index < -0.39 is 5.95 Å². The fourth-order valence-corrected chi connectivity index (χ4v) is 1.95. The van der Waals surface area contributed by atoms with E-state index in [1.54, 1.807) is 0 Å². The third kappa shape index (κ3) is 2.09. The van der Waals surface area contributed by atoms with E-state index >= 15 is 0 Å². The zero-order chi connectivity index (χ0) is 10.8. The van der Waals surface area contributed by atoms with Crippen LogP contribution in [0.25, 0.3) is 0 Å². The third-order valence-corrected chi connectivity index (χ3v) is 2.94. The van der Waals surface area contributed by atoms with Gasteiger partial charge in [0.05, 0.1) is 19.3 Å². The van der Waals surface area contributed by atoms with Gasteiger partial charge in [0.25, 0.3) is 0 Å². The fraction of sp³-hybridized carbons (Fsp3) is 0.545. The van der Waals surface area contributed by atoms with E-state index in [9.17, 15) is 4.39 Å². The van der Waals surface area contributed by atoms with Gasteiger partial charge in [0.15, 0.2) is 0 Å². The summed E-state index contributed by atoms with van der Waals surface area (Å²) in [4.78, 5) is 5.60. The highest BCUT2D eigenvalue weighted by atomic mass is 19.1. The van der Waals surface area contributed by atoms with Crippen LogP contribution >= 0.6 is 0 Å². The van der Waals surface area contributed by atoms with E-state index in [0.717, 1.165) is 12.3 Å². The molecule has 0 bridgehead atoms. The molecule has 1 aromatic rings. The Morgan fingerprint density at radius 3 is 2.93 bits per heavy atom. The van der Waals surface area contributed by atoms with Crippen molar-refractivity contribution in [2.45, 2.75) is 13.0 Å². The Hall–Kier alpha value is -1.16. The molecule has 2 atom stereocenters. The zero-order valence-electron chi connectivity index (χ0n) is 8.98. The van der Waals surface area contributed by atoms with Crippen molar-refractivity contribution in [3.8, 4) is 0 Å². The van der Waals surface area contributed by atoms with Gasteiger partial charge < -0.3 is 9.64 Å². The van der Waals surface area contributed by atoms with Crippen LogP contribution in [0.15, 0.2) is 18.3 Å². The number of hydrogen-bond acceptors (Lipinski definition) is 3. The van der Waals surface area contributed by atoms with Crippen LogP contribution in [-0.4, -0.2) is 31.3 Å². The van der Waals surface area contributed by atoms with E-state index in [2.05, 4.69) is 16.8 Å². The first kappa shape index (κ1) is 10.4. The summed E-state index contributed by atoms with van der Waals surface area (Å²) in [5, 5.41) is 0. The molecule has 1 fully saturated rings. The molecular weight excluding hydrogens is 195 g/mol. The number of anilines is 1. The lowest BCUT2D eigenvalue weighted by molar-refractivity contribution is 0.186. The molecule has 2 heterocycles. The lowest BCUT2D eigenvalue weighted by Crippen LogP contribution is -2.36. The second-order valence-electron chi connectivity index (χ2n) is 4.03. The molecule has 2 rings (SSSR count). The summed E-state index contributed by atoms with van der Waals surface area (Å²) < 4.78 is 18.3. The first-order valence-corrected chi connectivity index (χ1v) is 5.10. The molecule has 2 unspecified atom stereocenters. The van der Waals surface area contributed by atoms with Crippen molar-refractivity contribution in [3.05, 3.63) is 24.3 Å². The number of halogens is 1. The summed E-state index contributed by atoms with van der Waals surface area (Å²) in [6, 6.07) is 3.59. The van der Waals surface area contributed by atoms with Crippen molar-refractivity contribution < 1.29 is 9.13 Å². The van der Waals surface area contributed by atoms with Gasteiger partial charge in [0, 0.05) is 30.9 Å². The van der Waals surface area contributed by atoms with Crippen LogP contribution in [0.3, 0.4) is 0 Å². The molecule has 4 heteroatoms. The van der Waals surface area contributed by atoms with Gasteiger partial charge in [-0.2, -0.15) is 4.39 Å². The highest BCUT2D eigenvalue weighted by Crippen LogP contribution is 2.23. The number of pyridine rings is 1. The zero-order valence-corrected chi connectivity index (χ0v) is 8.98. The molecule has 0 aromatic carbocycles. The number of rotatable bonds is 2. The average Bonchev–Trinajstić information content (AvgIpc) is 2.63. The molecule has 0 saturated carbocycles. The van der Waals surface area contributed by atoms with Crippen molar-refractivity contribution in [1.29, 1.82) is 0 Å². The first-order chi connectivity index (χ1) is 7.18.